The van der Waals surface area contributed by atoms with Gasteiger partial charge >= 0.3 is 6.18 Å². The second-order valence-electron chi connectivity index (χ2n) is 6.31. The Balaban J connectivity index is 1.89. The third-order valence-electron chi connectivity index (χ3n) is 4.34. The summed E-state index contributed by atoms with van der Waals surface area (Å²) >= 11 is 18.2. The second-order valence-corrected chi connectivity index (χ2v) is 7.57. The molecule has 31 heavy (non-hydrogen) atoms. The first kappa shape index (κ1) is 21.4. The maximum Gasteiger partial charge on any atom is 0.435 e. The summed E-state index contributed by atoms with van der Waals surface area (Å²) in [6, 6.07) is 6.05. The number of carbonyl (C=O) groups is 2. The Bertz CT molecular complexity index is 1230. The van der Waals surface area contributed by atoms with Crippen LogP contribution in [0.4, 0.5) is 18.9 Å². The van der Waals surface area contributed by atoms with Gasteiger partial charge in [0, 0.05) is 17.3 Å². The van der Waals surface area contributed by atoms with Crippen molar-refractivity contribution in [2.24, 2.45) is 0 Å². The quantitative estimate of drug-likeness (QED) is 0.570. The molecule has 0 atom stereocenters. The van der Waals surface area contributed by atoms with E-state index in [0.717, 1.165) is 4.90 Å². The topological polar surface area (TPSA) is 80.1 Å². The van der Waals surface area contributed by atoms with Crippen LogP contribution in [0.3, 0.4) is 0 Å². The third-order valence-corrected chi connectivity index (χ3v) is 5.15. The molecule has 1 N–H and O–H groups in total. The van der Waals surface area contributed by atoms with Crippen molar-refractivity contribution in [3.63, 3.8) is 0 Å². The molecule has 0 unspecified atom stereocenters. The molecule has 0 saturated carbocycles. The Morgan fingerprint density at radius 2 is 1.87 bits per heavy atom. The molecule has 7 nitrogen and oxygen atoms in total. The van der Waals surface area contributed by atoms with Crippen LogP contribution < -0.4 is 10.2 Å². The second kappa shape index (κ2) is 7.70. The van der Waals surface area contributed by atoms with Crippen molar-refractivity contribution < 1.29 is 22.8 Å². The Labute approximate surface area is 187 Å². The lowest BCUT2D eigenvalue weighted by Crippen LogP contribution is -2.47. The van der Waals surface area contributed by atoms with Crippen LogP contribution in [0.5, 0.6) is 0 Å². The van der Waals surface area contributed by atoms with E-state index in [9.17, 15) is 22.8 Å². The van der Waals surface area contributed by atoms with Gasteiger partial charge in [-0.05, 0) is 24.3 Å². The zero-order valence-corrected chi connectivity index (χ0v) is 17.3. The van der Waals surface area contributed by atoms with Crippen LogP contribution >= 0.6 is 34.8 Å². The van der Waals surface area contributed by atoms with Crippen molar-refractivity contribution in [1.29, 1.82) is 0 Å². The average Bonchev–Trinajstić information content (AvgIpc) is 3.14. The van der Waals surface area contributed by atoms with E-state index in [1.54, 1.807) is 0 Å². The number of benzene rings is 1. The number of halogens is 6. The standard InChI is InChI=1S/C18H9Cl3F3N5O2/c19-8-4-9-14(11(21)5-8)28(7-26-16(9)30)17(31)12-6-13(18(22,23)24)27-29(12)15-10(20)2-1-3-25-15/h1-6H,7H2,(H,26,30). The Kier molecular flexibility index (Phi) is 5.32. The predicted octanol–water partition coefficient (Wildman–Crippen LogP) is 4.59. The summed E-state index contributed by atoms with van der Waals surface area (Å²) < 4.78 is 40.8. The molecule has 1 aliphatic heterocycles. The number of nitrogens with zero attached hydrogens (tertiary/aromatic N) is 4. The van der Waals surface area contributed by atoms with E-state index in [1.807, 2.05) is 0 Å². The van der Waals surface area contributed by atoms with E-state index in [0.29, 0.717) is 10.7 Å². The van der Waals surface area contributed by atoms with Crippen molar-refractivity contribution in [2.75, 3.05) is 11.6 Å². The van der Waals surface area contributed by atoms with E-state index in [1.165, 1.54) is 30.5 Å². The van der Waals surface area contributed by atoms with Gasteiger partial charge in [0.05, 0.1) is 28.0 Å². The molecule has 0 bridgehead atoms. The number of carbonyl (C=O) groups excluding carboxylic acids is 2. The Hall–Kier alpha value is -2.82. The van der Waals surface area contributed by atoms with Crippen LogP contribution in [-0.2, 0) is 6.18 Å². The maximum absolute atomic E-state index is 13.4. The lowest BCUT2D eigenvalue weighted by atomic mass is 10.1. The van der Waals surface area contributed by atoms with Crippen molar-refractivity contribution in [3.05, 3.63) is 68.5 Å². The maximum atomic E-state index is 13.4. The molecule has 0 saturated heterocycles. The lowest BCUT2D eigenvalue weighted by molar-refractivity contribution is -0.141. The van der Waals surface area contributed by atoms with Gasteiger partial charge in [0.2, 0.25) is 0 Å². The highest BCUT2D eigenvalue weighted by Crippen LogP contribution is 2.37. The van der Waals surface area contributed by atoms with Gasteiger partial charge in [0.25, 0.3) is 11.8 Å². The monoisotopic (exact) mass is 489 g/mol. The van der Waals surface area contributed by atoms with Crippen LogP contribution in [-0.4, -0.2) is 33.2 Å². The van der Waals surface area contributed by atoms with Gasteiger partial charge in [-0.3, -0.25) is 14.5 Å². The number of fused-ring (bicyclic) bond motifs is 1. The number of amides is 2. The summed E-state index contributed by atoms with van der Waals surface area (Å²) in [5.74, 6) is -1.64. The van der Waals surface area contributed by atoms with Crippen LogP contribution in [0.15, 0.2) is 36.5 Å². The molecule has 1 aromatic carbocycles. The fraction of sp³-hybridized carbons (Fsp3) is 0.111. The van der Waals surface area contributed by atoms with E-state index in [4.69, 9.17) is 34.8 Å². The number of hydrogen-bond donors (Lipinski definition) is 1. The summed E-state index contributed by atoms with van der Waals surface area (Å²) in [4.78, 5) is 30.5. The number of anilines is 1. The van der Waals surface area contributed by atoms with Gasteiger partial charge in [-0.25, -0.2) is 9.67 Å². The number of alkyl halides is 3. The SMILES string of the molecule is O=C1NCN(C(=O)c2cc(C(F)(F)F)nn2-c2ncccc2Cl)c2c(Cl)cc(Cl)cc21. The molecule has 2 amide bonds. The number of aromatic nitrogens is 3. The van der Waals surface area contributed by atoms with E-state index in [2.05, 4.69) is 15.4 Å². The Morgan fingerprint density at radius 1 is 1.13 bits per heavy atom. The highest BCUT2D eigenvalue weighted by atomic mass is 35.5. The first-order valence-electron chi connectivity index (χ1n) is 8.45. The molecule has 4 rings (SSSR count). The fourth-order valence-electron chi connectivity index (χ4n) is 3.02. The molecule has 0 fully saturated rings. The minimum Gasteiger partial charge on any atom is -0.334 e. The molecule has 3 heterocycles. The van der Waals surface area contributed by atoms with Crippen molar-refractivity contribution in [3.8, 4) is 5.82 Å². The van der Waals surface area contributed by atoms with Crippen molar-refractivity contribution in [2.45, 2.75) is 6.18 Å². The van der Waals surface area contributed by atoms with Gasteiger partial charge in [-0.15, -0.1) is 0 Å². The highest BCUT2D eigenvalue weighted by Gasteiger charge is 2.39. The number of nitrogens with one attached hydrogen (secondary N) is 1. The molecular weight excluding hydrogens is 482 g/mol. The molecule has 1 aliphatic rings. The predicted molar refractivity (Wildman–Crippen MR) is 107 cm³/mol. The molecule has 13 heteroatoms. The largest absolute Gasteiger partial charge is 0.435 e. The fourth-order valence-corrected chi connectivity index (χ4v) is 3.81. The van der Waals surface area contributed by atoms with Gasteiger partial charge < -0.3 is 5.32 Å². The first-order valence-corrected chi connectivity index (χ1v) is 9.58. The Morgan fingerprint density at radius 3 is 2.55 bits per heavy atom. The highest BCUT2D eigenvalue weighted by molar-refractivity contribution is 6.38. The molecule has 0 aliphatic carbocycles. The number of pyridine rings is 1. The summed E-state index contributed by atoms with van der Waals surface area (Å²) in [6.07, 6.45) is -3.54. The van der Waals surface area contributed by atoms with Crippen LogP contribution in [0, 0.1) is 0 Å². The van der Waals surface area contributed by atoms with E-state index < -0.39 is 29.4 Å². The molecular formula is C18H9Cl3F3N5O2. The summed E-state index contributed by atoms with van der Waals surface area (Å²) in [5, 5.41) is 6.05. The van der Waals surface area contributed by atoms with Crippen LogP contribution in [0.25, 0.3) is 5.82 Å². The zero-order chi connectivity index (χ0) is 22.5. The van der Waals surface area contributed by atoms with Crippen LogP contribution in [0.2, 0.25) is 15.1 Å². The van der Waals surface area contributed by atoms with Gasteiger partial charge in [-0.1, -0.05) is 34.8 Å². The minimum absolute atomic E-state index is 0.00456. The molecule has 160 valence electrons. The summed E-state index contributed by atoms with van der Waals surface area (Å²) in [5.41, 5.74) is -1.80. The minimum atomic E-state index is -4.83. The summed E-state index contributed by atoms with van der Waals surface area (Å²) in [6.45, 7) is -0.339. The number of rotatable bonds is 2. The van der Waals surface area contributed by atoms with E-state index >= 15 is 0 Å². The van der Waals surface area contributed by atoms with E-state index in [-0.39, 0.29) is 38.8 Å². The van der Waals surface area contributed by atoms with Gasteiger partial charge in [0.15, 0.2) is 11.5 Å². The van der Waals surface area contributed by atoms with Crippen molar-refractivity contribution in [1.82, 2.24) is 20.1 Å². The molecule has 0 spiro atoms. The molecule has 3 aromatic rings. The van der Waals surface area contributed by atoms with Gasteiger partial charge in [0.1, 0.15) is 5.69 Å². The van der Waals surface area contributed by atoms with Crippen molar-refractivity contribution >= 4 is 52.3 Å². The number of hydrogen-bond acceptors (Lipinski definition) is 4. The van der Waals surface area contributed by atoms with Crippen LogP contribution in [0.1, 0.15) is 26.5 Å². The average molecular weight is 491 g/mol. The third kappa shape index (κ3) is 3.82. The lowest BCUT2D eigenvalue weighted by Gasteiger charge is -2.30. The molecule has 0 radical (unpaired) electrons. The first-order chi connectivity index (χ1) is 14.6. The zero-order valence-electron chi connectivity index (χ0n) is 15.0. The summed E-state index contributed by atoms with van der Waals surface area (Å²) in [7, 11) is 0. The molecule has 2 aromatic heterocycles. The smallest absolute Gasteiger partial charge is 0.334 e. The normalized spacial score (nSPS) is 13.7. The van der Waals surface area contributed by atoms with Gasteiger partial charge in [-0.2, -0.15) is 18.3 Å².